The fourth-order valence-corrected chi connectivity index (χ4v) is 2.26. The van der Waals surface area contributed by atoms with Crippen molar-refractivity contribution in [2.24, 2.45) is 4.99 Å². The molecule has 4 nitrogen and oxygen atoms in total. The van der Waals surface area contributed by atoms with E-state index < -0.39 is 9.38 Å². The predicted molar refractivity (Wildman–Crippen MR) is 55.4 cm³/mol. The molecular weight excluding hydrogens is 235 g/mol. The van der Waals surface area contributed by atoms with Crippen molar-refractivity contribution in [2.45, 2.75) is 23.1 Å². The molecule has 1 unspecified atom stereocenters. The molecule has 1 aliphatic heterocycles. The molecule has 1 rings (SSSR count). The van der Waals surface area contributed by atoms with E-state index in [4.69, 9.17) is 23.2 Å². The standard InChI is InChI=1S/C6H8Cl2N2O2S/c1-2-4-3-9-5(13-4)6(7,8)10(11)12/h4H,2-3H2,1H3. The molecule has 0 N–H and O–H groups in total. The van der Waals surface area contributed by atoms with Gasteiger partial charge in [0.1, 0.15) is 0 Å². The Hall–Kier alpha value is -0.000000000000000111. The first-order valence-corrected chi connectivity index (χ1v) is 5.36. The van der Waals surface area contributed by atoms with Gasteiger partial charge in [0.15, 0.2) is 5.04 Å². The van der Waals surface area contributed by atoms with E-state index in [0.29, 0.717) is 6.54 Å². The highest BCUT2D eigenvalue weighted by atomic mass is 35.5. The van der Waals surface area contributed by atoms with Crippen molar-refractivity contribution in [3.63, 3.8) is 0 Å². The van der Waals surface area contributed by atoms with Crippen LogP contribution >= 0.6 is 35.0 Å². The Labute approximate surface area is 89.8 Å². The summed E-state index contributed by atoms with van der Waals surface area (Å²) < 4.78 is -2.06. The largest absolute Gasteiger partial charge is 0.418 e. The second kappa shape index (κ2) is 4.02. The van der Waals surface area contributed by atoms with Crippen LogP contribution in [-0.2, 0) is 0 Å². The molecule has 1 aliphatic rings. The second-order valence-electron chi connectivity index (χ2n) is 2.59. The minimum absolute atomic E-state index is 0.202. The Kier molecular flexibility index (Phi) is 3.43. The van der Waals surface area contributed by atoms with Crippen LogP contribution in [0, 0.1) is 10.1 Å². The third kappa shape index (κ3) is 2.27. The number of nitrogens with zero attached hydrogens (tertiary/aromatic N) is 2. The zero-order chi connectivity index (χ0) is 10.1. The van der Waals surface area contributed by atoms with Gasteiger partial charge >= 0.3 is 4.46 Å². The monoisotopic (exact) mass is 242 g/mol. The number of hydrogen-bond donors (Lipinski definition) is 0. The first-order chi connectivity index (χ1) is 5.98. The van der Waals surface area contributed by atoms with Gasteiger partial charge in [-0.3, -0.25) is 15.1 Å². The Morgan fingerprint density at radius 2 is 2.46 bits per heavy atom. The van der Waals surface area contributed by atoms with E-state index in [-0.39, 0.29) is 10.3 Å². The lowest BCUT2D eigenvalue weighted by atomic mass is 10.3. The lowest BCUT2D eigenvalue weighted by Gasteiger charge is -2.10. The molecule has 1 atom stereocenters. The van der Waals surface area contributed by atoms with Crippen molar-refractivity contribution < 1.29 is 4.92 Å². The molecule has 0 saturated carbocycles. The third-order valence-corrected chi connectivity index (χ3v) is 3.98. The molecule has 7 heteroatoms. The number of halogens is 2. The van der Waals surface area contributed by atoms with Gasteiger partial charge in [-0.25, -0.2) is 0 Å². The van der Waals surface area contributed by atoms with Gasteiger partial charge in [0, 0.05) is 5.25 Å². The number of aliphatic imine (C=N–C) groups is 1. The summed E-state index contributed by atoms with van der Waals surface area (Å²) in [7, 11) is 0. The van der Waals surface area contributed by atoms with E-state index >= 15 is 0 Å². The summed E-state index contributed by atoms with van der Waals surface area (Å²) in [4.78, 5) is 13.7. The van der Waals surface area contributed by atoms with Crippen molar-refractivity contribution in [3.8, 4) is 0 Å². The van der Waals surface area contributed by atoms with Gasteiger partial charge in [-0.15, -0.1) is 0 Å². The molecule has 0 aromatic carbocycles. The number of thioether (sulfide) groups is 1. The van der Waals surface area contributed by atoms with Gasteiger partial charge in [0.05, 0.1) is 11.5 Å². The zero-order valence-electron chi connectivity index (χ0n) is 6.87. The van der Waals surface area contributed by atoms with Crippen LogP contribution in [0.4, 0.5) is 0 Å². The Balaban J connectivity index is 2.70. The van der Waals surface area contributed by atoms with Gasteiger partial charge in [0.2, 0.25) is 0 Å². The van der Waals surface area contributed by atoms with Crippen molar-refractivity contribution in [1.29, 1.82) is 0 Å². The van der Waals surface area contributed by atoms with Gasteiger partial charge in [-0.05, 0) is 29.6 Å². The molecule has 0 radical (unpaired) electrons. The van der Waals surface area contributed by atoms with Crippen molar-refractivity contribution in [2.75, 3.05) is 6.54 Å². The van der Waals surface area contributed by atoms with E-state index in [1.165, 1.54) is 11.8 Å². The smallest absolute Gasteiger partial charge is 0.272 e. The maximum Gasteiger partial charge on any atom is 0.418 e. The summed E-state index contributed by atoms with van der Waals surface area (Å²) >= 11 is 12.3. The predicted octanol–water partition coefficient (Wildman–Crippen LogP) is 2.32. The fourth-order valence-electron chi connectivity index (χ4n) is 0.874. The molecule has 0 fully saturated rings. The van der Waals surface area contributed by atoms with E-state index in [1.54, 1.807) is 0 Å². The highest BCUT2D eigenvalue weighted by Crippen LogP contribution is 2.36. The van der Waals surface area contributed by atoms with Crippen molar-refractivity contribution in [1.82, 2.24) is 0 Å². The van der Waals surface area contributed by atoms with Crippen LogP contribution in [0.25, 0.3) is 0 Å². The summed E-state index contributed by atoms with van der Waals surface area (Å²) in [6.07, 6.45) is 0.902. The lowest BCUT2D eigenvalue weighted by molar-refractivity contribution is -0.495. The van der Waals surface area contributed by atoms with E-state index in [9.17, 15) is 10.1 Å². The Morgan fingerprint density at radius 3 is 2.85 bits per heavy atom. The normalized spacial score (nSPS) is 23.0. The van der Waals surface area contributed by atoms with Gasteiger partial charge in [-0.2, -0.15) is 0 Å². The highest BCUT2D eigenvalue weighted by molar-refractivity contribution is 8.15. The molecular formula is C6H8Cl2N2O2S. The molecule has 0 amide bonds. The zero-order valence-corrected chi connectivity index (χ0v) is 9.20. The summed E-state index contributed by atoms with van der Waals surface area (Å²) in [5, 5.41) is 10.9. The van der Waals surface area contributed by atoms with Gasteiger partial charge < -0.3 is 0 Å². The molecule has 0 bridgehead atoms. The first-order valence-electron chi connectivity index (χ1n) is 3.72. The minimum atomic E-state index is -2.06. The first kappa shape index (κ1) is 11.1. The van der Waals surface area contributed by atoms with E-state index in [2.05, 4.69) is 4.99 Å². The number of rotatable bonds is 3. The topological polar surface area (TPSA) is 55.5 Å². The molecule has 0 aromatic rings. The molecule has 0 spiro atoms. The van der Waals surface area contributed by atoms with Gasteiger partial charge in [0.25, 0.3) is 0 Å². The average Bonchev–Trinajstić information content (AvgIpc) is 2.51. The van der Waals surface area contributed by atoms with E-state index in [0.717, 1.165) is 6.42 Å². The van der Waals surface area contributed by atoms with Crippen LogP contribution < -0.4 is 0 Å². The van der Waals surface area contributed by atoms with Gasteiger partial charge in [-0.1, -0.05) is 18.7 Å². The van der Waals surface area contributed by atoms with Crippen LogP contribution in [0.2, 0.25) is 0 Å². The number of alkyl halides is 2. The quantitative estimate of drug-likeness (QED) is 0.331. The third-order valence-electron chi connectivity index (χ3n) is 1.66. The minimum Gasteiger partial charge on any atom is -0.272 e. The van der Waals surface area contributed by atoms with E-state index in [1.807, 2.05) is 6.92 Å². The van der Waals surface area contributed by atoms with Crippen LogP contribution in [0.5, 0.6) is 0 Å². The summed E-state index contributed by atoms with van der Waals surface area (Å²) in [6.45, 7) is 2.55. The molecule has 0 aliphatic carbocycles. The summed E-state index contributed by atoms with van der Waals surface area (Å²) in [6, 6.07) is 0. The molecule has 13 heavy (non-hydrogen) atoms. The number of hydrogen-bond acceptors (Lipinski definition) is 4. The van der Waals surface area contributed by atoms with Crippen LogP contribution in [-0.4, -0.2) is 26.2 Å². The molecule has 0 aromatic heterocycles. The Morgan fingerprint density at radius 1 is 1.85 bits per heavy atom. The summed E-state index contributed by atoms with van der Waals surface area (Å²) in [5.74, 6) is 0. The molecule has 0 saturated heterocycles. The highest BCUT2D eigenvalue weighted by Gasteiger charge is 2.47. The summed E-state index contributed by atoms with van der Waals surface area (Å²) in [5.41, 5.74) is 0. The van der Waals surface area contributed by atoms with Crippen LogP contribution in [0.1, 0.15) is 13.3 Å². The lowest BCUT2D eigenvalue weighted by Crippen LogP contribution is -2.32. The van der Waals surface area contributed by atoms with Crippen LogP contribution in [0.3, 0.4) is 0 Å². The maximum absolute atomic E-state index is 10.5. The number of nitro groups is 1. The molecule has 74 valence electrons. The Bertz CT molecular complexity index is 257. The average molecular weight is 243 g/mol. The van der Waals surface area contributed by atoms with Crippen molar-refractivity contribution in [3.05, 3.63) is 10.1 Å². The second-order valence-corrected chi connectivity index (χ2v) is 5.17. The fraction of sp³-hybridized carbons (Fsp3) is 0.833. The van der Waals surface area contributed by atoms with Crippen LogP contribution in [0.15, 0.2) is 4.99 Å². The molecule has 1 heterocycles. The SMILES string of the molecule is CCC1CN=C(C(Cl)(Cl)[N+](=O)[O-])S1. The van der Waals surface area contributed by atoms with Crippen molar-refractivity contribution >= 4 is 40.0 Å². The maximum atomic E-state index is 10.5.